The van der Waals surface area contributed by atoms with Crippen molar-refractivity contribution in [2.45, 2.75) is 32.2 Å². The van der Waals surface area contributed by atoms with Gasteiger partial charge >= 0.3 is 5.97 Å². The molecule has 5 nitrogen and oxygen atoms in total. The normalized spacial score (nSPS) is 15.1. The molecule has 0 radical (unpaired) electrons. The highest BCUT2D eigenvalue weighted by molar-refractivity contribution is 5.67. The van der Waals surface area contributed by atoms with Gasteiger partial charge in [-0.2, -0.15) is 5.10 Å². The molecule has 0 saturated carbocycles. The maximum atomic E-state index is 10.5. The summed E-state index contributed by atoms with van der Waals surface area (Å²) in [6.07, 6.45) is 4.10. The number of hydrogen-bond acceptors (Lipinski definition) is 3. The van der Waals surface area contributed by atoms with Gasteiger partial charge in [-0.3, -0.25) is 4.79 Å². The second-order valence-corrected chi connectivity index (χ2v) is 3.57. The van der Waals surface area contributed by atoms with E-state index in [1.54, 1.807) is 0 Å². The number of aromatic nitrogens is 2. The zero-order valence-corrected chi connectivity index (χ0v) is 7.86. The van der Waals surface area contributed by atoms with Gasteiger partial charge in [0.05, 0.1) is 5.69 Å². The second-order valence-electron chi connectivity index (χ2n) is 3.57. The first-order valence-corrected chi connectivity index (χ1v) is 4.74. The van der Waals surface area contributed by atoms with Gasteiger partial charge in [0.25, 0.3) is 0 Å². The summed E-state index contributed by atoms with van der Waals surface area (Å²) in [4.78, 5) is 10.5. The maximum absolute atomic E-state index is 10.5. The number of nitrogen functional groups attached to an aromatic ring is 1. The molecule has 0 spiro atoms. The molecule has 0 aliphatic heterocycles. The number of carboxylic acids is 1. The van der Waals surface area contributed by atoms with E-state index in [1.165, 1.54) is 4.68 Å². The Labute approximate surface area is 81.5 Å². The SMILES string of the molecule is Nc1c2c(nn1CC(=O)O)CCCC2. The lowest BCUT2D eigenvalue weighted by Crippen LogP contribution is -2.12. The molecule has 0 unspecified atom stereocenters. The Balaban J connectivity index is 2.33. The lowest BCUT2D eigenvalue weighted by molar-refractivity contribution is -0.137. The Kier molecular flexibility index (Phi) is 2.15. The van der Waals surface area contributed by atoms with Crippen molar-refractivity contribution in [3.05, 3.63) is 11.3 Å². The fourth-order valence-electron chi connectivity index (χ4n) is 1.88. The van der Waals surface area contributed by atoms with Gasteiger partial charge in [-0.15, -0.1) is 0 Å². The van der Waals surface area contributed by atoms with Crippen molar-refractivity contribution < 1.29 is 9.90 Å². The summed E-state index contributed by atoms with van der Waals surface area (Å²) in [5, 5.41) is 12.8. The lowest BCUT2D eigenvalue weighted by atomic mass is 9.98. The third kappa shape index (κ3) is 1.45. The second kappa shape index (κ2) is 3.32. The van der Waals surface area contributed by atoms with Crippen LogP contribution in [0, 0.1) is 0 Å². The van der Waals surface area contributed by atoms with Crippen LogP contribution >= 0.6 is 0 Å². The molecule has 0 fully saturated rings. The van der Waals surface area contributed by atoms with Crippen molar-refractivity contribution in [1.29, 1.82) is 0 Å². The van der Waals surface area contributed by atoms with Crippen LogP contribution in [-0.4, -0.2) is 20.9 Å². The molecule has 0 aromatic carbocycles. The van der Waals surface area contributed by atoms with Crippen LogP contribution in [0.5, 0.6) is 0 Å². The van der Waals surface area contributed by atoms with Crippen LogP contribution in [0.3, 0.4) is 0 Å². The van der Waals surface area contributed by atoms with Crippen molar-refractivity contribution in [3.8, 4) is 0 Å². The molecule has 1 aromatic rings. The summed E-state index contributed by atoms with van der Waals surface area (Å²) in [6.45, 7) is -0.140. The Morgan fingerprint density at radius 3 is 2.86 bits per heavy atom. The minimum absolute atomic E-state index is 0.140. The first kappa shape index (κ1) is 9.05. The number of carbonyl (C=O) groups is 1. The van der Waals surface area contributed by atoms with Crippen LogP contribution in [0.15, 0.2) is 0 Å². The van der Waals surface area contributed by atoms with Gasteiger partial charge in [0.1, 0.15) is 12.4 Å². The van der Waals surface area contributed by atoms with Crippen molar-refractivity contribution in [2.24, 2.45) is 0 Å². The zero-order valence-electron chi connectivity index (χ0n) is 7.86. The molecule has 1 aromatic heterocycles. The van der Waals surface area contributed by atoms with E-state index >= 15 is 0 Å². The first-order chi connectivity index (χ1) is 6.68. The third-order valence-electron chi connectivity index (χ3n) is 2.55. The van der Waals surface area contributed by atoms with E-state index in [4.69, 9.17) is 10.8 Å². The van der Waals surface area contributed by atoms with Gasteiger partial charge < -0.3 is 10.8 Å². The third-order valence-corrected chi connectivity index (χ3v) is 2.55. The minimum Gasteiger partial charge on any atom is -0.480 e. The zero-order chi connectivity index (χ0) is 10.1. The number of hydrogen-bond donors (Lipinski definition) is 2. The van der Waals surface area contributed by atoms with Gasteiger partial charge in [-0.25, -0.2) is 4.68 Å². The summed E-state index contributed by atoms with van der Waals surface area (Å²) < 4.78 is 1.39. The smallest absolute Gasteiger partial charge is 0.325 e. The molecule has 0 saturated heterocycles. The Morgan fingerprint density at radius 2 is 2.21 bits per heavy atom. The fourth-order valence-corrected chi connectivity index (χ4v) is 1.88. The van der Waals surface area contributed by atoms with Crippen LogP contribution in [-0.2, 0) is 24.2 Å². The molecule has 1 aliphatic rings. The highest BCUT2D eigenvalue weighted by Gasteiger charge is 2.19. The summed E-state index contributed by atoms with van der Waals surface area (Å²) in [6, 6.07) is 0. The number of aliphatic carboxylic acids is 1. The molecule has 5 heteroatoms. The average Bonchev–Trinajstić information content (AvgIpc) is 2.44. The molecule has 1 heterocycles. The Bertz CT molecular complexity index is 370. The average molecular weight is 195 g/mol. The number of rotatable bonds is 2. The monoisotopic (exact) mass is 195 g/mol. The quantitative estimate of drug-likeness (QED) is 0.717. The van der Waals surface area contributed by atoms with Gasteiger partial charge in [0, 0.05) is 5.56 Å². The predicted octanol–water partition coefficient (Wildman–Crippen LogP) is 0.429. The van der Waals surface area contributed by atoms with Crippen molar-refractivity contribution in [2.75, 3.05) is 5.73 Å². The van der Waals surface area contributed by atoms with E-state index in [0.29, 0.717) is 5.82 Å². The van der Waals surface area contributed by atoms with Gasteiger partial charge in [-0.05, 0) is 25.7 Å². The van der Waals surface area contributed by atoms with Crippen molar-refractivity contribution in [1.82, 2.24) is 9.78 Å². The van der Waals surface area contributed by atoms with Crippen LogP contribution < -0.4 is 5.73 Å². The van der Waals surface area contributed by atoms with Crippen molar-refractivity contribution in [3.63, 3.8) is 0 Å². The topological polar surface area (TPSA) is 81.1 Å². The molecule has 1 aliphatic carbocycles. The van der Waals surface area contributed by atoms with Crippen LogP contribution in [0.4, 0.5) is 5.82 Å². The molecule has 0 bridgehead atoms. The standard InChI is InChI=1S/C9H13N3O2/c10-9-6-3-1-2-4-7(6)11-12(9)5-8(13)14/h1-5,10H2,(H,13,14). The molecule has 2 rings (SSSR count). The Hall–Kier alpha value is -1.52. The molecule has 76 valence electrons. The van der Waals surface area contributed by atoms with Crippen LogP contribution in [0.25, 0.3) is 0 Å². The first-order valence-electron chi connectivity index (χ1n) is 4.74. The molecule has 0 amide bonds. The van der Waals surface area contributed by atoms with Gasteiger partial charge in [-0.1, -0.05) is 0 Å². The molecular formula is C9H13N3O2. The van der Waals surface area contributed by atoms with E-state index in [0.717, 1.165) is 36.9 Å². The summed E-state index contributed by atoms with van der Waals surface area (Å²) >= 11 is 0. The summed E-state index contributed by atoms with van der Waals surface area (Å²) in [7, 11) is 0. The van der Waals surface area contributed by atoms with Crippen molar-refractivity contribution >= 4 is 11.8 Å². The van der Waals surface area contributed by atoms with Gasteiger partial charge in [0.15, 0.2) is 0 Å². The number of aryl methyl sites for hydroxylation is 1. The predicted molar refractivity (Wildman–Crippen MR) is 50.9 cm³/mol. The summed E-state index contributed by atoms with van der Waals surface area (Å²) in [5.74, 6) is -0.376. The van der Waals surface area contributed by atoms with Gasteiger partial charge in [0.2, 0.25) is 0 Å². The van der Waals surface area contributed by atoms with E-state index in [9.17, 15) is 4.79 Å². The van der Waals surface area contributed by atoms with Crippen LogP contribution in [0.2, 0.25) is 0 Å². The molecule has 3 N–H and O–H groups in total. The lowest BCUT2D eigenvalue weighted by Gasteiger charge is -2.08. The van der Waals surface area contributed by atoms with E-state index in [2.05, 4.69) is 5.10 Å². The van der Waals surface area contributed by atoms with E-state index in [1.807, 2.05) is 0 Å². The molecule has 14 heavy (non-hydrogen) atoms. The maximum Gasteiger partial charge on any atom is 0.325 e. The number of fused-ring (bicyclic) bond motifs is 1. The Morgan fingerprint density at radius 1 is 1.50 bits per heavy atom. The molecular weight excluding hydrogens is 182 g/mol. The number of carboxylic acid groups (broad SMARTS) is 1. The highest BCUT2D eigenvalue weighted by atomic mass is 16.4. The minimum atomic E-state index is -0.906. The molecule has 0 atom stereocenters. The van der Waals surface area contributed by atoms with E-state index < -0.39 is 5.97 Å². The largest absolute Gasteiger partial charge is 0.480 e. The summed E-state index contributed by atoms with van der Waals surface area (Å²) in [5.41, 5.74) is 7.84. The van der Waals surface area contributed by atoms with Crippen LogP contribution in [0.1, 0.15) is 24.1 Å². The number of anilines is 1. The van der Waals surface area contributed by atoms with E-state index in [-0.39, 0.29) is 6.54 Å². The number of nitrogens with two attached hydrogens (primary N) is 1. The fraction of sp³-hybridized carbons (Fsp3) is 0.556. The number of nitrogens with zero attached hydrogens (tertiary/aromatic N) is 2. The highest BCUT2D eigenvalue weighted by Crippen LogP contribution is 2.25.